The second-order valence-electron chi connectivity index (χ2n) is 5.49. The number of aromatic nitrogens is 1. The number of nitrogen functional groups attached to an aromatic ring is 1. The smallest absolute Gasteiger partial charge is 0.311 e. The molecule has 0 aliphatic carbocycles. The maximum Gasteiger partial charge on any atom is 0.311 e. The largest absolute Gasteiger partial charge is 0.378 e. The minimum Gasteiger partial charge on any atom is -0.378 e. The molecule has 1 saturated heterocycles. The standard InChI is InChI=1S/C12H19N5O2/c1-12(2)8-16(7-6-15(12)3)10-5-4-9(17(18)19)11(13)14-10/h4-5H,6-8H2,1-3H3,(H2,13,14). The molecule has 104 valence electrons. The van der Waals surface area contributed by atoms with Gasteiger partial charge in [-0.05, 0) is 27.0 Å². The highest BCUT2D eigenvalue weighted by Gasteiger charge is 2.32. The first-order valence-corrected chi connectivity index (χ1v) is 6.18. The first-order chi connectivity index (χ1) is 8.81. The van der Waals surface area contributed by atoms with Gasteiger partial charge in [0, 0.05) is 31.2 Å². The van der Waals surface area contributed by atoms with Crippen molar-refractivity contribution >= 4 is 17.3 Å². The molecule has 0 amide bonds. The zero-order valence-electron chi connectivity index (χ0n) is 11.5. The van der Waals surface area contributed by atoms with Crippen molar-refractivity contribution in [2.75, 3.05) is 37.3 Å². The third-order valence-electron chi connectivity index (χ3n) is 3.72. The fourth-order valence-electron chi connectivity index (χ4n) is 2.22. The summed E-state index contributed by atoms with van der Waals surface area (Å²) < 4.78 is 0. The van der Waals surface area contributed by atoms with Crippen LogP contribution in [0.25, 0.3) is 0 Å². The summed E-state index contributed by atoms with van der Waals surface area (Å²) in [4.78, 5) is 18.8. The Bertz CT molecular complexity index is 503. The molecular weight excluding hydrogens is 246 g/mol. The summed E-state index contributed by atoms with van der Waals surface area (Å²) in [5.74, 6) is 0.670. The second kappa shape index (κ2) is 4.65. The monoisotopic (exact) mass is 265 g/mol. The second-order valence-corrected chi connectivity index (χ2v) is 5.49. The Morgan fingerprint density at radius 1 is 1.42 bits per heavy atom. The maximum absolute atomic E-state index is 10.7. The molecule has 0 radical (unpaired) electrons. The van der Waals surface area contributed by atoms with Crippen LogP contribution in [0.4, 0.5) is 17.3 Å². The minimum atomic E-state index is -0.514. The number of hydrogen-bond donors (Lipinski definition) is 1. The number of nitrogens with zero attached hydrogens (tertiary/aromatic N) is 4. The molecule has 0 atom stereocenters. The van der Waals surface area contributed by atoms with Gasteiger partial charge in [-0.1, -0.05) is 0 Å². The van der Waals surface area contributed by atoms with Gasteiger partial charge in [-0.25, -0.2) is 4.98 Å². The van der Waals surface area contributed by atoms with Gasteiger partial charge in [-0.3, -0.25) is 15.0 Å². The maximum atomic E-state index is 10.7. The quantitative estimate of drug-likeness (QED) is 0.636. The van der Waals surface area contributed by atoms with Crippen LogP contribution in [0, 0.1) is 10.1 Å². The first-order valence-electron chi connectivity index (χ1n) is 6.18. The zero-order valence-corrected chi connectivity index (χ0v) is 11.5. The Hall–Kier alpha value is -1.89. The van der Waals surface area contributed by atoms with Gasteiger partial charge < -0.3 is 10.6 Å². The van der Waals surface area contributed by atoms with Crippen LogP contribution in [0.5, 0.6) is 0 Å². The van der Waals surface area contributed by atoms with Crippen LogP contribution in [0.3, 0.4) is 0 Å². The third-order valence-corrected chi connectivity index (χ3v) is 3.72. The summed E-state index contributed by atoms with van der Waals surface area (Å²) in [6, 6.07) is 3.08. The van der Waals surface area contributed by atoms with Gasteiger partial charge in [-0.15, -0.1) is 0 Å². The highest BCUT2D eigenvalue weighted by molar-refractivity contribution is 5.58. The normalized spacial score (nSPS) is 19.4. The van der Waals surface area contributed by atoms with Crippen LogP contribution in [-0.4, -0.2) is 47.0 Å². The third kappa shape index (κ3) is 2.60. The minimum absolute atomic E-state index is 0.0285. The van der Waals surface area contributed by atoms with E-state index >= 15 is 0 Å². The van der Waals surface area contributed by atoms with E-state index < -0.39 is 4.92 Å². The molecule has 2 N–H and O–H groups in total. The molecule has 2 rings (SSSR count). The highest BCUT2D eigenvalue weighted by Crippen LogP contribution is 2.27. The number of piperazine rings is 1. The van der Waals surface area contributed by atoms with E-state index in [1.165, 1.54) is 6.07 Å². The summed E-state index contributed by atoms with van der Waals surface area (Å²) in [6.07, 6.45) is 0. The lowest BCUT2D eigenvalue weighted by molar-refractivity contribution is -0.384. The lowest BCUT2D eigenvalue weighted by Gasteiger charge is -2.45. The molecule has 0 spiro atoms. The van der Waals surface area contributed by atoms with E-state index in [2.05, 4.69) is 35.7 Å². The van der Waals surface area contributed by atoms with Crippen molar-refractivity contribution in [3.63, 3.8) is 0 Å². The number of likely N-dealkylation sites (N-methyl/N-ethyl adjacent to an activating group) is 1. The summed E-state index contributed by atoms with van der Waals surface area (Å²) in [6.45, 7) is 6.89. The molecule has 1 aliphatic rings. The fourth-order valence-corrected chi connectivity index (χ4v) is 2.22. The van der Waals surface area contributed by atoms with Crippen LogP contribution in [0.15, 0.2) is 12.1 Å². The molecule has 2 heterocycles. The van der Waals surface area contributed by atoms with Gasteiger partial charge in [0.2, 0.25) is 5.82 Å². The number of hydrogen-bond acceptors (Lipinski definition) is 6. The van der Waals surface area contributed by atoms with Crippen LogP contribution in [0.1, 0.15) is 13.8 Å². The molecule has 0 bridgehead atoms. The summed E-state index contributed by atoms with van der Waals surface area (Å²) in [5, 5.41) is 10.7. The lowest BCUT2D eigenvalue weighted by atomic mass is 10.00. The molecule has 1 aromatic heterocycles. The summed E-state index contributed by atoms with van der Waals surface area (Å²) in [5.41, 5.74) is 5.53. The van der Waals surface area contributed by atoms with E-state index in [4.69, 9.17) is 5.73 Å². The van der Waals surface area contributed by atoms with Crippen molar-refractivity contribution in [2.45, 2.75) is 19.4 Å². The van der Waals surface area contributed by atoms with Crippen molar-refractivity contribution in [1.29, 1.82) is 0 Å². The molecule has 0 saturated carbocycles. The Morgan fingerprint density at radius 2 is 2.11 bits per heavy atom. The summed E-state index contributed by atoms with van der Waals surface area (Å²) >= 11 is 0. The van der Waals surface area contributed by atoms with Crippen molar-refractivity contribution in [3.8, 4) is 0 Å². The number of pyridine rings is 1. The Balaban J connectivity index is 2.24. The molecule has 7 heteroatoms. The van der Waals surface area contributed by atoms with Gasteiger partial charge in [0.1, 0.15) is 5.82 Å². The van der Waals surface area contributed by atoms with E-state index in [0.717, 1.165) is 19.6 Å². The lowest BCUT2D eigenvalue weighted by Crippen LogP contribution is -2.57. The van der Waals surface area contributed by atoms with Gasteiger partial charge in [0.25, 0.3) is 0 Å². The average molecular weight is 265 g/mol. The highest BCUT2D eigenvalue weighted by atomic mass is 16.6. The van der Waals surface area contributed by atoms with Gasteiger partial charge in [0.15, 0.2) is 0 Å². The van der Waals surface area contributed by atoms with Crippen molar-refractivity contribution in [1.82, 2.24) is 9.88 Å². The average Bonchev–Trinajstić information content (AvgIpc) is 2.32. The Labute approximate surface area is 112 Å². The number of nitrogens with two attached hydrogens (primary N) is 1. The predicted molar refractivity (Wildman–Crippen MR) is 74.2 cm³/mol. The first kappa shape index (κ1) is 13.5. The molecule has 19 heavy (non-hydrogen) atoms. The number of anilines is 2. The molecular formula is C12H19N5O2. The number of nitro groups is 1. The van der Waals surface area contributed by atoms with Crippen molar-refractivity contribution in [3.05, 3.63) is 22.2 Å². The molecule has 0 unspecified atom stereocenters. The van der Waals surface area contributed by atoms with Crippen molar-refractivity contribution < 1.29 is 4.92 Å². The van der Waals surface area contributed by atoms with E-state index in [0.29, 0.717) is 5.82 Å². The van der Waals surface area contributed by atoms with Crippen LogP contribution >= 0.6 is 0 Å². The predicted octanol–water partition coefficient (Wildman–Crippen LogP) is 1.10. The van der Waals surface area contributed by atoms with Gasteiger partial charge in [-0.2, -0.15) is 0 Å². The zero-order chi connectivity index (χ0) is 14.2. The molecule has 1 aromatic rings. The number of rotatable bonds is 2. The van der Waals surface area contributed by atoms with E-state index in [1.807, 2.05) is 0 Å². The Kier molecular flexibility index (Phi) is 3.32. The molecule has 1 aliphatic heterocycles. The molecule has 1 fully saturated rings. The Morgan fingerprint density at radius 3 is 2.63 bits per heavy atom. The van der Waals surface area contributed by atoms with E-state index in [-0.39, 0.29) is 17.0 Å². The molecule has 7 nitrogen and oxygen atoms in total. The van der Waals surface area contributed by atoms with Crippen LogP contribution in [0.2, 0.25) is 0 Å². The summed E-state index contributed by atoms with van der Waals surface area (Å²) in [7, 11) is 2.09. The van der Waals surface area contributed by atoms with E-state index in [9.17, 15) is 10.1 Å². The van der Waals surface area contributed by atoms with E-state index in [1.54, 1.807) is 6.07 Å². The van der Waals surface area contributed by atoms with Gasteiger partial charge in [0.05, 0.1) is 4.92 Å². The topological polar surface area (TPSA) is 88.5 Å². The SMILES string of the molecule is CN1CCN(c2ccc([N+](=O)[O-])c(N)n2)CC1(C)C. The van der Waals surface area contributed by atoms with Crippen LogP contribution in [-0.2, 0) is 0 Å². The van der Waals surface area contributed by atoms with Crippen LogP contribution < -0.4 is 10.6 Å². The van der Waals surface area contributed by atoms with Crippen molar-refractivity contribution in [2.24, 2.45) is 0 Å². The molecule has 0 aromatic carbocycles. The fraction of sp³-hybridized carbons (Fsp3) is 0.583. The van der Waals surface area contributed by atoms with Gasteiger partial charge >= 0.3 is 5.69 Å².